The number of aliphatic hydroxyl groups is 2. The van der Waals surface area contributed by atoms with Crippen LogP contribution in [0.3, 0.4) is 0 Å². The van der Waals surface area contributed by atoms with Crippen molar-refractivity contribution in [1.29, 1.82) is 0 Å². The van der Waals surface area contributed by atoms with E-state index < -0.39 is 125 Å². The van der Waals surface area contributed by atoms with Crippen molar-refractivity contribution < 1.29 is 76.9 Å². The van der Waals surface area contributed by atoms with Gasteiger partial charge in [0.1, 0.15) is 36.1 Å². The first-order valence-electron chi connectivity index (χ1n) is 21.7. The molecule has 3 N–H and O–H groups in total. The maximum atomic E-state index is 16.1. The minimum atomic E-state index is -2.39. The number of aliphatic hydroxyl groups excluding tert-OH is 1. The molecule has 0 aromatic heterocycles. The number of alkyl carbamates (subject to hydrolysis) is 1. The molecule has 2 bridgehead atoms. The van der Waals surface area contributed by atoms with Crippen LogP contribution in [0.25, 0.3) is 0 Å². The minimum absolute atomic E-state index is 0.0158. The first-order valence-corrected chi connectivity index (χ1v) is 23.1. The zero-order chi connectivity index (χ0) is 48.6. The third-order valence-electron chi connectivity index (χ3n) is 13.4. The van der Waals surface area contributed by atoms with Crippen molar-refractivity contribution in [3.05, 3.63) is 82.9 Å². The molecule has 4 aliphatic rings. The van der Waals surface area contributed by atoms with Crippen LogP contribution in [0, 0.1) is 16.7 Å². The van der Waals surface area contributed by atoms with Gasteiger partial charge in [0.25, 0.3) is 0 Å². The van der Waals surface area contributed by atoms with E-state index in [9.17, 15) is 34.2 Å². The zero-order valence-corrected chi connectivity index (χ0v) is 39.8. The zero-order valence-electron chi connectivity index (χ0n) is 38.9. The van der Waals surface area contributed by atoms with Gasteiger partial charge in [0.2, 0.25) is 0 Å². The Labute approximate surface area is 388 Å². The highest BCUT2D eigenvalue weighted by Gasteiger charge is 2.78. The van der Waals surface area contributed by atoms with Gasteiger partial charge in [-0.3, -0.25) is 9.59 Å². The maximum Gasteiger partial charge on any atom is 0.408 e. The molecule has 11 atom stereocenters. The molecule has 17 nitrogen and oxygen atoms in total. The van der Waals surface area contributed by atoms with Crippen molar-refractivity contribution in [2.75, 3.05) is 32.5 Å². The van der Waals surface area contributed by atoms with Crippen molar-refractivity contribution in [1.82, 2.24) is 5.32 Å². The van der Waals surface area contributed by atoms with Gasteiger partial charge in [0.15, 0.2) is 23.6 Å². The number of ether oxygens (including phenoxy) is 8. The number of esters is 4. The lowest BCUT2D eigenvalue weighted by Crippen LogP contribution is -2.82. The van der Waals surface area contributed by atoms with Gasteiger partial charge in [-0.05, 0) is 69.7 Å². The molecule has 18 heteroatoms. The highest BCUT2D eigenvalue weighted by molar-refractivity contribution is 7.98. The number of carbonyl (C=O) groups is 6. The lowest BCUT2D eigenvalue weighted by molar-refractivity contribution is -0.347. The molecule has 2 aromatic rings. The normalized spacial score (nSPS) is 30.9. The summed E-state index contributed by atoms with van der Waals surface area (Å²) in [7, 11) is 1.27. The Bertz CT molecular complexity index is 2190. The van der Waals surface area contributed by atoms with E-state index in [0.717, 1.165) is 0 Å². The van der Waals surface area contributed by atoms with Crippen molar-refractivity contribution in [2.45, 2.75) is 128 Å². The molecular weight excluding hydrogens is 879 g/mol. The molecule has 0 radical (unpaired) electrons. The van der Waals surface area contributed by atoms with E-state index in [1.807, 2.05) is 0 Å². The maximum absolute atomic E-state index is 16.1. The molecule has 3 aliphatic carbocycles. The van der Waals surface area contributed by atoms with E-state index in [1.165, 1.54) is 37.9 Å². The number of carbonyl (C=O) groups excluding carboxylic acids is 6. The van der Waals surface area contributed by atoms with Crippen molar-refractivity contribution in [3.63, 3.8) is 0 Å². The molecular formula is C48H61NO16S. The van der Waals surface area contributed by atoms with Crippen LogP contribution in [0.4, 0.5) is 4.79 Å². The average molecular weight is 940 g/mol. The summed E-state index contributed by atoms with van der Waals surface area (Å²) in [5.41, 5.74) is -8.01. The van der Waals surface area contributed by atoms with Crippen LogP contribution in [0.2, 0.25) is 0 Å². The first-order chi connectivity index (χ1) is 31.0. The third kappa shape index (κ3) is 9.36. The Kier molecular flexibility index (Phi) is 14.9. The predicted octanol–water partition coefficient (Wildman–Crippen LogP) is 4.80. The summed E-state index contributed by atoms with van der Waals surface area (Å²) in [4.78, 5) is 84.9. The SMILES string of the molecule is COCC(=O)O[C@H]1C(=O)[C@]2(C)[C@@H](OCSC)C[C@H]3OC[C@@]3(OC(C)=O)[C@H]2[C@H](OC(=O)c2ccccc2)[C@]2(O)C[C@H](OC(=O)[C@H](O)[C@@H](NC(=O)OC(C)(C)C)c3ccccc3)C(C)=C1C2(C)C. The van der Waals surface area contributed by atoms with E-state index in [0.29, 0.717) is 5.56 Å². The first kappa shape index (κ1) is 50.6. The standard InChI is InChI=1S/C48H61NO16S/c1-26-30(61-42(55)36(52)35(28-17-13-11-14-18-28)49-43(56)65-44(3,4)5)22-48(57)40(63-41(54)29-19-15-12-16-20-29)38-46(8,39(53)37(34(26)45(48,6)7)62-33(51)23-58-9)31(60-25-66-10)21-32-47(38,24-59-32)64-27(2)50/h11-20,30-32,35-38,40,52,57H,21-25H2,1-10H3,(H,49,56)/t30-,31-,32+,35-,36+,37+,38-,40-,46+,47-,48+/m0/s1. The van der Waals surface area contributed by atoms with Gasteiger partial charge in [-0.1, -0.05) is 62.4 Å². The molecule has 0 unspecified atom stereocenters. The number of amides is 1. The summed E-state index contributed by atoms with van der Waals surface area (Å²) >= 11 is 1.33. The average Bonchev–Trinajstić information content (AvgIpc) is 3.24. The van der Waals surface area contributed by atoms with Crippen LogP contribution < -0.4 is 5.32 Å². The van der Waals surface area contributed by atoms with Gasteiger partial charge in [-0.25, -0.2) is 19.2 Å². The molecule has 66 heavy (non-hydrogen) atoms. The number of thioether (sulfide) groups is 1. The smallest absolute Gasteiger partial charge is 0.408 e. The molecule has 360 valence electrons. The van der Waals surface area contributed by atoms with E-state index >= 15 is 4.79 Å². The van der Waals surface area contributed by atoms with Crippen molar-refractivity contribution in [2.24, 2.45) is 16.7 Å². The number of hydrogen-bond donors (Lipinski definition) is 3. The summed E-state index contributed by atoms with van der Waals surface area (Å²) in [6.07, 6.45) is -8.83. The minimum Gasteiger partial charge on any atom is -0.456 e. The summed E-state index contributed by atoms with van der Waals surface area (Å²) < 4.78 is 48.1. The van der Waals surface area contributed by atoms with Gasteiger partial charge in [0, 0.05) is 32.3 Å². The Morgan fingerprint density at radius 1 is 0.970 bits per heavy atom. The van der Waals surface area contributed by atoms with Crippen molar-refractivity contribution in [3.8, 4) is 0 Å². The van der Waals surface area contributed by atoms with Crippen LogP contribution in [0.15, 0.2) is 71.8 Å². The molecule has 3 fully saturated rings. The summed E-state index contributed by atoms with van der Waals surface area (Å²) in [6.45, 7) is 11.6. The van der Waals surface area contributed by atoms with Crippen LogP contribution in [0.1, 0.15) is 90.2 Å². The van der Waals surface area contributed by atoms with Gasteiger partial charge in [0.05, 0.1) is 41.6 Å². The van der Waals surface area contributed by atoms with Crippen LogP contribution in [-0.2, 0) is 57.1 Å². The van der Waals surface area contributed by atoms with E-state index in [1.54, 1.807) is 103 Å². The predicted molar refractivity (Wildman–Crippen MR) is 237 cm³/mol. The van der Waals surface area contributed by atoms with Gasteiger partial charge in [-0.2, -0.15) is 0 Å². The summed E-state index contributed by atoms with van der Waals surface area (Å²) in [5.74, 6) is -5.99. The highest BCUT2D eigenvalue weighted by atomic mass is 32.2. The van der Waals surface area contributed by atoms with Crippen molar-refractivity contribution >= 4 is 47.5 Å². The fraction of sp³-hybridized carbons (Fsp3) is 0.583. The number of ketones is 1. The molecule has 6 rings (SSSR count). The number of hydrogen-bond acceptors (Lipinski definition) is 17. The fourth-order valence-corrected chi connectivity index (χ4v) is 10.6. The molecule has 1 aliphatic heterocycles. The number of rotatable bonds is 14. The summed E-state index contributed by atoms with van der Waals surface area (Å²) in [5, 5.41) is 28.3. The molecule has 1 amide bonds. The lowest BCUT2D eigenvalue weighted by Gasteiger charge is -2.67. The third-order valence-corrected chi connectivity index (χ3v) is 13.8. The van der Waals surface area contributed by atoms with Gasteiger partial charge in [-0.15, -0.1) is 11.8 Å². The fourth-order valence-electron chi connectivity index (χ4n) is 10.3. The molecule has 1 saturated heterocycles. The van der Waals surface area contributed by atoms with Crippen LogP contribution in [0.5, 0.6) is 0 Å². The Morgan fingerprint density at radius 2 is 1.61 bits per heavy atom. The Morgan fingerprint density at radius 3 is 2.17 bits per heavy atom. The van der Waals surface area contributed by atoms with Gasteiger partial charge < -0.3 is 53.4 Å². The number of fused-ring (bicyclic) bond motifs is 5. The molecule has 1 heterocycles. The number of methoxy groups -OCH3 is 1. The lowest BCUT2D eigenvalue weighted by atomic mass is 9.44. The second-order valence-corrected chi connectivity index (χ2v) is 19.8. The van der Waals surface area contributed by atoms with E-state index in [-0.39, 0.29) is 35.7 Å². The van der Waals surface area contributed by atoms with Gasteiger partial charge >= 0.3 is 30.0 Å². The largest absolute Gasteiger partial charge is 0.456 e. The van der Waals surface area contributed by atoms with Crippen LogP contribution >= 0.6 is 11.8 Å². The monoisotopic (exact) mass is 939 g/mol. The van der Waals surface area contributed by atoms with E-state index in [2.05, 4.69) is 5.32 Å². The molecule has 2 aromatic carbocycles. The number of nitrogens with one attached hydrogen (secondary N) is 1. The van der Waals surface area contributed by atoms with E-state index in [4.69, 9.17) is 37.9 Å². The van der Waals surface area contributed by atoms with Crippen LogP contribution in [-0.4, -0.2) is 132 Å². The number of Topliss-reactive ketones (excluding diaryl/α,β-unsaturated/α-hetero) is 1. The topological polar surface area (TPSA) is 229 Å². The highest BCUT2D eigenvalue weighted by Crippen LogP contribution is 2.65. The second-order valence-electron chi connectivity index (χ2n) is 19.0. The Balaban J connectivity index is 1.58. The molecule has 0 spiro atoms. The molecule has 2 saturated carbocycles. The number of benzene rings is 2. The Hall–Kier alpha value is -4.85. The quantitative estimate of drug-likeness (QED) is 0.100. The second kappa shape index (κ2) is 19.4. The summed E-state index contributed by atoms with van der Waals surface area (Å²) in [6, 6.07) is 14.7.